The summed E-state index contributed by atoms with van der Waals surface area (Å²) in [5.74, 6) is -0.289. The Labute approximate surface area is 104 Å². The Bertz CT molecular complexity index is 525. The number of aromatic nitrogens is 2. The zero-order valence-corrected chi connectivity index (χ0v) is 9.98. The zero-order chi connectivity index (χ0) is 13.0. The first-order valence-electron chi connectivity index (χ1n) is 5.77. The minimum Gasteiger partial charge on any atom is -0.347 e. The third-order valence-corrected chi connectivity index (χ3v) is 2.68. The highest BCUT2D eigenvalue weighted by atomic mass is 19.1. The third kappa shape index (κ3) is 2.56. The lowest BCUT2D eigenvalue weighted by molar-refractivity contribution is 0.0930. The van der Waals surface area contributed by atoms with Crippen LogP contribution in [0.1, 0.15) is 35.6 Å². The third-order valence-electron chi connectivity index (χ3n) is 2.68. The van der Waals surface area contributed by atoms with Crippen molar-refractivity contribution in [2.24, 2.45) is 0 Å². The molecule has 2 aromatic rings. The highest BCUT2D eigenvalue weighted by Gasteiger charge is 2.17. The van der Waals surface area contributed by atoms with E-state index < -0.39 is 11.7 Å². The maximum atomic E-state index is 13.5. The van der Waals surface area contributed by atoms with Gasteiger partial charge in [-0.25, -0.2) is 9.37 Å². The standard InChI is InChI=1S/C13H14FN3O/c1-2-11(12-15-7-8-16-12)17-13(18)9-5-3-4-6-10(9)14/h3-8,11H,2H2,1H3,(H,15,16)(H,17,18). The first-order valence-corrected chi connectivity index (χ1v) is 5.77. The molecule has 0 spiro atoms. The van der Waals surface area contributed by atoms with Crippen molar-refractivity contribution in [2.75, 3.05) is 0 Å². The summed E-state index contributed by atoms with van der Waals surface area (Å²) in [5.41, 5.74) is 0.0440. The second-order valence-corrected chi connectivity index (χ2v) is 3.89. The molecular formula is C13H14FN3O. The molecular weight excluding hydrogens is 233 g/mol. The smallest absolute Gasteiger partial charge is 0.254 e. The molecule has 94 valence electrons. The Balaban J connectivity index is 2.14. The van der Waals surface area contributed by atoms with Crippen molar-refractivity contribution in [2.45, 2.75) is 19.4 Å². The van der Waals surface area contributed by atoms with E-state index in [1.807, 2.05) is 6.92 Å². The van der Waals surface area contributed by atoms with Gasteiger partial charge in [-0.2, -0.15) is 0 Å². The number of carbonyl (C=O) groups excluding carboxylic acids is 1. The van der Waals surface area contributed by atoms with Gasteiger partial charge in [0.25, 0.3) is 5.91 Å². The summed E-state index contributed by atoms with van der Waals surface area (Å²) in [5, 5.41) is 2.75. The number of benzene rings is 1. The van der Waals surface area contributed by atoms with Gasteiger partial charge >= 0.3 is 0 Å². The molecule has 1 aromatic heterocycles. The van der Waals surface area contributed by atoms with Gasteiger partial charge in [0.05, 0.1) is 11.6 Å². The highest BCUT2D eigenvalue weighted by Crippen LogP contribution is 2.13. The molecule has 2 rings (SSSR count). The second-order valence-electron chi connectivity index (χ2n) is 3.89. The topological polar surface area (TPSA) is 57.8 Å². The Morgan fingerprint density at radius 2 is 2.28 bits per heavy atom. The second kappa shape index (κ2) is 5.44. The number of rotatable bonds is 4. The first kappa shape index (κ1) is 12.3. The fraction of sp³-hybridized carbons (Fsp3) is 0.231. The number of H-pyrrole nitrogens is 1. The largest absolute Gasteiger partial charge is 0.347 e. The molecule has 0 saturated carbocycles. The Hall–Kier alpha value is -2.17. The summed E-state index contributed by atoms with van der Waals surface area (Å²) in [6.07, 6.45) is 3.98. The average Bonchev–Trinajstić information content (AvgIpc) is 2.90. The molecule has 18 heavy (non-hydrogen) atoms. The Morgan fingerprint density at radius 3 is 2.89 bits per heavy atom. The summed E-state index contributed by atoms with van der Waals surface area (Å²) in [4.78, 5) is 19.0. The summed E-state index contributed by atoms with van der Waals surface area (Å²) < 4.78 is 13.5. The average molecular weight is 247 g/mol. The number of imidazole rings is 1. The van der Waals surface area contributed by atoms with E-state index >= 15 is 0 Å². The van der Waals surface area contributed by atoms with Crippen LogP contribution in [0.3, 0.4) is 0 Å². The summed E-state index contributed by atoms with van der Waals surface area (Å²) >= 11 is 0. The number of amides is 1. The predicted molar refractivity (Wildman–Crippen MR) is 65.5 cm³/mol. The number of halogens is 1. The van der Waals surface area contributed by atoms with Crippen molar-refractivity contribution in [1.82, 2.24) is 15.3 Å². The molecule has 5 heteroatoms. The Kier molecular flexibility index (Phi) is 3.72. The fourth-order valence-corrected chi connectivity index (χ4v) is 1.71. The molecule has 1 heterocycles. The molecule has 2 N–H and O–H groups in total. The molecule has 4 nitrogen and oxygen atoms in total. The van der Waals surface area contributed by atoms with Gasteiger partial charge in [-0.15, -0.1) is 0 Å². The molecule has 0 bridgehead atoms. The van der Waals surface area contributed by atoms with Crippen molar-refractivity contribution in [3.63, 3.8) is 0 Å². The van der Waals surface area contributed by atoms with Crippen molar-refractivity contribution in [1.29, 1.82) is 0 Å². The number of aromatic amines is 1. The van der Waals surface area contributed by atoms with Crippen LogP contribution in [0.4, 0.5) is 4.39 Å². The number of nitrogens with one attached hydrogen (secondary N) is 2. The lowest BCUT2D eigenvalue weighted by Crippen LogP contribution is -2.29. The van der Waals surface area contributed by atoms with Crippen molar-refractivity contribution >= 4 is 5.91 Å². The van der Waals surface area contributed by atoms with Crippen LogP contribution in [0.25, 0.3) is 0 Å². The molecule has 0 aliphatic heterocycles. The fourth-order valence-electron chi connectivity index (χ4n) is 1.71. The maximum absolute atomic E-state index is 13.5. The molecule has 1 aromatic carbocycles. The van der Waals surface area contributed by atoms with Crippen molar-refractivity contribution in [3.05, 3.63) is 53.9 Å². The van der Waals surface area contributed by atoms with E-state index in [0.717, 1.165) is 0 Å². The van der Waals surface area contributed by atoms with Gasteiger partial charge < -0.3 is 10.3 Å². The number of carbonyl (C=O) groups is 1. The van der Waals surface area contributed by atoms with Crippen LogP contribution in [-0.4, -0.2) is 15.9 Å². The number of nitrogens with zero attached hydrogens (tertiary/aromatic N) is 1. The predicted octanol–water partition coefficient (Wildman–Crippen LogP) is 2.43. The van der Waals surface area contributed by atoms with Crippen LogP contribution in [0.5, 0.6) is 0 Å². The number of hydrogen-bond acceptors (Lipinski definition) is 2. The first-order chi connectivity index (χ1) is 8.72. The van der Waals surface area contributed by atoms with Gasteiger partial charge in [0, 0.05) is 12.4 Å². The quantitative estimate of drug-likeness (QED) is 0.871. The van der Waals surface area contributed by atoms with Crippen molar-refractivity contribution in [3.8, 4) is 0 Å². The van der Waals surface area contributed by atoms with E-state index in [2.05, 4.69) is 15.3 Å². The normalized spacial score (nSPS) is 12.1. The molecule has 1 atom stereocenters. The lowest BCUT2D eigenvalue weighted by Gasteiger charge is -2.14. The van der Waals surface area contributed by atoms with Crippen LogP contribution < -0.4 is 5.32 Å². The van der Waals surface area contributed by atoms with Crippen molar-refractivity contribution < 1.29 is 9.18 Å². The zero-order valence-electron chi connectivity index (χ0n) is 9.98. The monoisotopic (exact) mass is 247 g/mol. The van der Waals surface area contributed by atoms with Crippen LogP contribution >= 0.6 is 0 Å². The minimum absolute atomic E-state index is 0.0440. The van der Waals surface area contributed by atoms with E-state index in [1.54, 1.807) is 24.5 Å². The summed E-state index contributed by atoms with van der Waals surface area (Å²) in [6, 6.07) is 5.66. The van der Waals surface area contributed by atoms with Crippen LogP contribution in [-0.2, 0) is 0 Å². The molecule has 0 aliphatic carbocycles. The molecule has 0 radical (unpaired) electrons. The summed E-state index contributed by atoms with van der Waals surface area (Å²) in [6.45, 7) is 1.93. The maximum Gasteiger partial charge on any atom is 0.254 e. The molecule has 0 aliphatic rings. The Morgan fingerprint density at radius 1 is 1.50 bits per heavy atom. The van der Waals surface area contributed by atoms with E-state index in [1.165, 1.54) is 12.1 Å². The van der Waals surface area contributed by atoms with Crippen LogP contribution in [0.2, 0.25) is 0 Å². The van der Waals surface area contributed by atoms with Gasteiger partial charge in [0.15, 0.2) is 0 Å². The van der Waals surface area contributed by atoms with E-state index in [0.29, 0.717) is 12.2 Å². The molecule has 1 unspecified atom stereocenters. The minimum atomic E-state index is -0.524. The molecule has 0 fully saturated rings. The lowest BCUT2D eigenvalue weighted by atomic mass is 10.1. The van der Waals surface area contributed by atoms with Gasteiger partial charge in [-0.1, -0.05) is 19.1 Å². The van der Waals surface area contributed by atoms with Gasteiger partial charge in [0.2, 0.25) is 0 Å². The SMILES string of the molecule is CCC(NC(=O)c1ccccc1F)c1ncc[nH]1. The highest BCUT2D eigenvalue weighted by molar-refractivity contribution is 5.94. The van der Waals surface area contributed by atoms with Gasteiger partial charge in [0.1, 0.15) is 11.6 Å². The van der Waals surface area contributed by atoms with Crippen LogP contribution in [0.15, 0.2) is 36.7 Å². The van der Waals surface area contributed by atoms with Gasteiger partial charge in [-0.05, 0) is 18.6 Å². The van der Waals surface area contributed by atoms with E-state index in [-0.39, 0.29) is 11.6 Å². The molecule has 0 saturated heterocycles. The summed E-state index contributed by atoms with van der Waals surface area (Å²) in [7, 11) is 0. The van der Waals surface area contributed by atoms with Gasteiger partial charge in [-0.3, -0.25) is 4.79 Å². The molecule has 1 amide bonds. The van der Waals surface area contributed by atoms with E-state index in [9.17, 15) is 9.18 Å². The number of hydrogen-bond donors (Lipinski definition) is 2. The van der Waals surface area contributed by atoms with E-state index in [4.69, 9.17) is 0 Å². The van der Waals surface area contributed by atoms with Crippen LogP contribution in [0, 0.1) is 5.82 Å².